The second-order valence-corrected chi connectivity index (χ2v) is 6.77. The van der Waals surface area contributed by atoms with Gasteiger partial charge in [-0.2, -0.15) is 14.9 Å². The lowest BCUT2D eigenvalue weighted by atomic mass is 10.2. The van der Waals surface area contributed by atoms with Gasteiger partial charge in [0.1, 0.15) is 5.82 Å². The number of para-hydroxylation sites is 1. The Kier molecular flexibility index (Phi) is 4.61. The average Bonchev–Trinajstić information content (AvgIpc) is 2.96. The molecule has 0 N–H and O–H groups in total. The number of benzene rings is 2. The van der Waals surface area contributed by atoms with E-state index in [0.29, 0.717) is 23.3 Å². The number of rotatable bonds is 4. The van der Waals surface area contributed by atoms with Gasteiger partial charge in [-0.05, 0) is 38.5 Å². The molecule has 4 rings (SSSR count). The zero-order valence-electron chi connectivity index (χ0n) is 16.1. The van der Waals surface area contributed by atoms with Crippen LogP contribution in [0.15, 0.2) is 64.5 Å². The van der Waals surface area contributed by atoms with Crippen LogP contribution in [0.3, 0.4) is 0 Å². The Morgan fingerprint density at radius 1 is 1.00 bits per heavy atom. The van der Waals surface area contributed by atoms with Crippen molar-refractivity contribution in [3.8, 4) is 0 Å². The average molecular weight is 371 g/mol. The number of aryl methyl sites for hydroxylation is 2. The first-order chi connectivity index (χ1) is 13.5. The van der Waals surface area contributed by atoms with Crippen molar-refractivity contribution in [1.29, 1.82) is 0 Å². The van der Waals surface area contributed by atoms with Crippen LogP contribution in [-0.2, 0) is 6.54 Å². The Morgan fingerprint density at radius 2 is 1.71 bits per heavy atom. The Morgan fingerprint density at radius 3 is 2.50 bits per heavy atom. The van der Waals surface area contributed by atoms with Crippen LogP contribution in [0.25, 0.3) is 10.9 Å². The molecule has 4 aromatic rings. The lowest BCUT2D eigenvalue weighted by molar-refractivity contribution is 0.659. The van der Waals surface area contributed by atoms with E-state index in [1.807, 2.05) is 54.9 Å². The molecule has 0 atom stereocenters. The molecule has 0 amide bonds. The summed E-state index contributed by atoms with van der Waals surface area (Å²) in [4.78, 5) is 17.3. The summed E-state index contributed by atoms with van der Waals surface area (Å²) in [6.45, 7) is 6.43. The molecule has 0 aliphatic carbocycles. The van der Waals surface area contributed by atoms with Crippen LogP contribution in [0, 0.1) is 20.8 Å². The largest absolute Gasteiger partial charge is 0.282 e. The molecule has 6 nitrogen and oxygen atoms in total. The quantitative estimate of drug-likeness (QED) is 0.516. The minimum absolute atomic E-state index is 0.175. The maximum atomic E-state index is 12.8. The van der Waals surface area contributed by atoms with Crippen molar-refractivity contribution in [2.24, 2.45) is 5.10 Å². The second kappa shape index (κ2) is 7.23. The van der Waals surface area contributed by atoms with Crippen LogP contribution in [0.2, 0.25) is 0 Å². The van der Waals surface area contributed by atoms with Crippen molar-refractivity contribution in [2.45, 2.75) is 27.3 Å². The van der Waals surface area contributed by atoms with Gasteiger partial charge in [-0.25, -0.2) is 4.98 Å². The highest BCUT2D eigenvalue weighted by atomic mass is 16.1. The van der Waals surface area contributed by atoms with E-state index >= 15 is 0 Å². The van der Waals surface area contributed by atoms with Gasteiger partial charge in [-0.15, -0.1) is 0 Å². The highest BCUT2D eigenvalue weighted by Gasteiger charge is 2.11. The molecule has 2 heterocycles. The summed E-state index contributed by atoms with van der Waals surface area (Å²) in [5.41, 5.74) is 4.48. The number of fused-ring (bicyclic) bond motifs is 1. The summed E-state index contributed by atoms with van der Waals surface area (Å²) >= 11 is 0. The van der Waals surface area contributed by atoms with Crippen LogP contribution < -0.4 is 5.56 Å². The van der Waals surface area contributed by atoms with Crippen LogP contribution in [0.1, 0.15) is 28.3 Å². The monoisotopic (exact) mass is 371 g/mol. The van der Waals surface area contributed by atoms with Gasteiger partial charge in [0.2, 0.25) is 0 Å². The van der Waals surface area contributed by atoms with Crippen LogP contribution >= 0.6 is 0 Å². The van der Waals surface area contributed by atoms with Crippen LogP contribution in [-0.4, -0.2) is 25.7 Å². The molecule has 0 fully saturated rings. The Labute approximate surface area is 162 Å². The summed E-state index contributed by atoms with van der Waals surface area (Å²) in [5.74, 6) is 0.548. The van der Waals surface area contributed by atoms with Gasteiger partial charge in [0.05, 0.1) is 29.4 Å². The van der Waals surface area contributed by atoms with Gasteiger partial charge in [-0.3, -0.25) is 9.48 Å². The van der Waals surface area contributed by atoms with Crippen molar-refractivity contribution < 1.29 is 0 Å². The molecule has 0 bridgehead atoms. The van der Waals surface area contributed by atoms with E-state index in [-0.39, 0.29) is 5.56 Å². The summed E-state index contributed by atoms with van der Waals surface area (Å²) in [6, 6.07) is 17.5. The van der Waals surface area contributed by atoms with Crippen molar-refractivity contribution in [2.75, 3.05) is 0 Å². The first-order valence-electron chi connectivity index (χ1n) is 9.15. The third-order valence-electron chi connectivity index (χ3n) is 4.83. The van der Waals surface area contributed by atoms with Gasteiger partial charge in [0, 0.05) is 11.3 Å². The third kappa shape index (κ3) is 3.24. The van der Waals surface area contributed by atoms with E-state index in [2.05, 4.69) is 27.3 Å². The van der Waals surface area contributed by atoms with E-state index in [0.717, 1.165) is 17.0 Å². The number of aromatic nitrogens is 4. The van der Waals surface area contributed by atoms with Gasteiger partial charge in [0.25, 0.3) is 5.56 Å². The maximum Gasteiger partial charge on any atom is 0.282 e. The summed E-state index contributed by atoms with van der Waals surface area (Å²) in [7, 11) is 0. The molecule has 0 spiro atoms. The Hall–Kier alpha value is -3.54. The third-order valence-corrected chi connectivity index (χ3v) is 4.83. The molecule has 0 aliphatic heterocycles. The SMILES string of the molecule is Cc1nn(Cc2ccccc2)c(C)c1C=Nn1c(C)nc2ccccc2c1=O. The number of hydrogen-bond acceptors (Lipinski definition) is 4. The normalized spacial score (nSPS) is 11.5. The topological polar surface area (TPSA) is 65.1 Å². The molecule has 140 valence electrons. The van der Waals surface area contributed by atoms with Crippen molar-refractivity contribution >= 4 is 17.1 Å². The van der Waals surface area contributed by atoms with E-state index in [9.17, 15) is 4.79 Å². The fraction of sp³-hybridized carbons (Fsp3) is 0.182. The second-order valence-electron chi connectivity index (χ2n) is 6.77. The molecule has 0 saturated carbocycles. The fourth-order valence-electron chi connectivity index (χ4n) is 3.29. The molecule has 0 saturated heterocycles. The van der Waals surface area contributed by atoms with Gasteiger partial charge >= 0.3 is 0 Å². The highest BCUT2D eigenvalue weighted by Crippen LogP contribution is 2.13. The lowest BCUT2D eigenvalue weighted by Gasteiger charge is -2.06. The van der Waals surface area contributed by atoms with E-state index < -0.39 is 0 Å². The maximum absolute atomic E-state index is 12.8. The van der Waals surface area contributed by atoms with E-state index in [4.69, 9.17) is 0 Å². The van der Waals surface area contributed by atoms with Gasteiger partial charge < -0.3 is 0 Å². The first-order valence-corrected chi connectivity index (χ1v) is 9.15. The molecular formula is C22H21N5O. The Bertz CT molecular complexity index is 1240. The van der Waals surface area contributed by atoms with E-state index in [1.165, 1.54) is 10.2 Å². The molecule has 2 aromatic heterocycles. The van der Waals surface area contributed by atoms with E-state index in [1.54, 1.807) is 19.2 Å². The molecule has 0 unspecified atom stereocenters. The molecule has 6 heteroatoms. The zero-order chi connectivity index (χ0) is 19.7. The predicted octanol–water partition coefficient (Wildman–Crippen LogP) is 3.45. The molecule has 0 aliphatic rings. The molecule has 2 aromatic carbocycles. The molecule has 28 heavy (non-hydrogen) atoms. The Balaban J connectivity index is 1.71. The number of hydrogen-bond donors (Lipinski definition) is 0. The lowest BCUT2D eigenvalue weighted by Crippen LogP contribution is -2.20. The predicted molar refractivity (Wildman–Crippen MR) is 111 cm³/mol. The molecular weight excluding hydrogens is 350 g/mol. The zero-order valence-corrected chi connectivity index (χ0v) is 16.1. The van der Waals surface area contributed by atoms with Crippen LogP contribution in [0.4, 0.5) is 0 Å². The minimum atomic E-state index is -0.175. The van der Waals surface area contributed by atoms with Gasteiger partial charge in [-0.1, -0.05) is 42.5 Å². The van der Waals surface area contributed by atoms with Crippen LogP contribution in [0.5, 0.6) is 0 Å². The fourth-order valence-corrected chi connectivity index (χ4v) is 3.29. The minimum Gasteiger partial charge on any atom is -0.267 e. The standard InChI is InChI=1S/C22H21N5O/c1-15-20(16(2)26(25-15)14-18-9-5-4-6-10-18)13-23-27-17(3)24-21-12-8-7-11-19(21)22(27)28/h4-13H,14H2,1-3H3. The van der Waals surface area contributed by atoms with Crippen molar-refractivity contribution in [3.63, 3.8) is 0 Å². The summed E-state index contributed by atoms with van der Waals surface area (Å²) < 4.78 is 3.30. The van der Waals surface area contributed by atoms with Gasteiger partial charge in [0.15, 0.2) is 0 Å². The highest BCUT2D eigenvalue weighted by molar-refractivity contribution is 5.83. The number of nitrogens with zero attached hydrogens (tertiary/aromatic N) is 5. The molecule has 0 radical (unpaired) electrons. The van der Waals surface area contributed by atoms with Crippen molar-refractivity contribution in [1.82, 2.24) is 19.4 Å². The van der Waals surface area contributed by atoms with Crippen molar-refractivity contribution in [3.05, 3.63) is 93.3 Å². The summed E-state index contributed by atoms with van der Waals surface area (Å²) in [5, 5.41) is 9.62. The first kappa shape index (κ1) is 17.9. The summed E-state index contributed by atoms with van der Waals surface area (Å²) in [6.07, 6.45) is 1.70. The smallest absolute Gasteiger partial charge is 0.267 e.